The van der Waals surface area contributed by atoms with Gasteiger partial charge in [-0.05, 0) is 35.4 Å². The van der Waals surface area contributed by atoms with E-state index in [1.807, 2.05) is 78.9 Å². The van der Waals surface area contributed by atoms with E-state index in [2.05, 4.69) is 10.5 Å². The third-order valence-corrected chi connectivity index (χ3v) is 5.22. The molecule has 0 aromatic heterocycles. The molecule has 0 aliphatic heterocycles. The van der Waals surface area contributed by atoms with Crippen LogP contribution in [0.1, 0.15) is 16.7 Å². The van der Waals surface area contributed by atoms with Gasteiger partial charge in [-0.25, -0.2) is 5.43 Å². The van der Waals surface area contributed by atoms with Crippen molar-refractivity contribution in [2.24, 2.45) is 5.10 Å². The minimum absolute atomic E-state index is 0.150. The lowest BCUT2D eigenvalue weighted by Crippen LogP contribution is -2.19. The van der Waals surface area contributed by atoms with Crippen molar-refractivity contribution in [3.8, 4) is 5.75 Å². The van der Waals surface area contributed by atoms with Crippen molar-refractivity contribution >= 4 is 35.5 Å². The summed E-state index contributed by atoms with van der Waals surface area (Å²) >= 11 is 7.39. The molecule has 0 fully saturated rings. The second kappa shape index (κ2) is 11.3. The smallest absolute Gasteiger partial charge is 0.250 e. The molecule has 0 aliphatic carbocycles. The lowest BCUT2D eigenvalue weighted by Gasteiger charge is -2.09. The zero-order valence-electron chi connectivity index (χ0n) is 15.8. The summed E-state index contributed by atoms with van der Waals surface area (Å²) in [5.41, 5.74) is 5.58. The van der Waals surface area contributed by atoms with Crippen LogP contribution in [0.3, 0.4) is 0 Å². The number of rotatable bonds is 9. The quantitative estimate of drug-likeness (QED) is 0.374. The summed E-state index contributed by atoms with van der Waals surface area (Å²) in [7, 11) is 0. The van der Waals surface area contributed by atoms with Crippen LogP contribution in [0, 0.1) is 0 Å². The first kappa shape index (κ1) is 21.0. The Hall–Kier alpha value is -2.76. The molecule has 6 heteroatoms. The van der Waals surface area contributed by atoms with Crippen LogP contribution in [-0.2, 0) is 17.2 Å². The van der Waals surface area contributed by atoms with E-state index in [4.69, 9.17) is 16.3 Å². The van der Waals surface area contributed by atoms with E-state index in [0.717, 1.165) is 22.4 Å². The van der Waals surface area contributed by atoms with Gasteiger partial charge in [0, 0.05) is 16.3 Å². The van der Waals surface area contributed by atoms with Crippen LogP contribution in [0.5, 0.6) is 5.75 Å². The highest BCUT2D eigenvalue weighted by atomic mass is 35.5. The molecule has 0 spiro atoms. The maximum Gasteiger partial charge on any atom is 0.250 e. The molecule has 29 heavy (non-hydrogen) atoms. The van der Waals surface area contributed by atoms with E-state index >= 15 is 0 Å². The molecule has 0 heterocycles. The largest absolute Gasteiger partial charge is 0.488 e. The van der Waals surface area contributed by atoms with Crippen LogP contribution in [0.4, 0.5) is 0 Å². The summed E-state index contributed by atoms with van der Waals surface area (Å²) in [5.74, 6) is 1.63. The van der Waals surface area contributed by atoms with Crippen LogP contribution < -0.4 is 10.2 Å². The number of benzene rings is 3. The van der Waals surface area contributed by atoms with Crippen LogP contribution in [-0.4, -0.2) is 17.9 Å². The number of para-hydroxylation sites is 1. The Morgan fingerprint density at radius 3 is 2.48 bits per heavy atom. The van der Waals surface area contributed by atoms with Crippen molar-refractivity contribution in [1.29, 1.82) is 0 Å². The van der Waals surface area contributed by atoms with Crippen molar-refractivity contribution in [1.82, 2.24) is 5.43 Å². The van der Waals surface area contributed by atoms with Gasteiger partial charge in [0.2, 0.25) is 5.91 Å². The molecule has 0 bridgehead atoms. The maximum absolute atomic E-state index is 12.0. The van der Waals surface area contributed by atoms with Gasteiger partial charge in [-0.2, -0.15) is 5.10 Å². The minimum atomic E-state index is -0.150. The van der Waals surface area contributed by atoms with E-state index in [1.54, 1.807) is 6.21 Å². The number of carbonyl (C=O) groups is 1. The third-order valence-electron chi connectivity index (χ3n) is 3.96. The third kappa shape index (κ3) is 7.29. The van der Waals surface area contributed by atoms with Gasteiger partial charge < -0.3 is 4.74 Å². The van der Waals surface area contributed by atoms with E-state index in [1.165, 1.54) is 11.8 Å². The molecule has 1 N–H and O–H groups in total. The number of hydrogen-bond donors (Lipinski definition) is 1. The van der Waals surface area contributed by atoms with Gasteiger partial charge in [0.25, 0.3) is 0 Å². The van der Waals surface area contributed by atoms with Crippen molar-refractivity contribution in [2.45, 2.75) is 12.4 Å². The van der Waals surface area contributed by atoms with E-state index in [-0.39, 0.29) is 5.91 Å². The number of carbonyl (C=O) groups excluding carboxylic acids is 1. The first-order valence-electron chi connectivity index (χ1n) is 9.10. The second-order valence-corrected chi connectivity index (χ2v) is 7.65. The fraction of sp³-hybridized carbons (Fsp3) is 0.130. The Labute approximate surface area is 179 Å². The van der Waals surface area contributed by atoms with Crippen LogP contribution in [0.15, 0.2) is 84.0 Å². The molecule has 148 valence electrons. The SMILES string of the molecule is O=C(CSCc1ccc(Cl)cc1)N/N=C\c1ccccc1OCc1ccccc1. The summed E-state index contributed by atoms with van der Waals surface area (Å²) in [5, 5.41) is 4.77. The highest BCUT2D eigenvalue weighted by Gasteiger charge is 2.03. The lowest BCUT2D eigenvalue weighted by atomic mass is 10.2. The molecule has 4 nitrogen and oxygen atoms in total. The molecule has 1 amide bonds. The highest BCUT2D eigenvalue weighted by molar-refractivity contribution is 7.99. The first-order valence-corrected chi connectivity index (χ1v) is 10.6. The summed E-state index contributed by atoms with van der Waals surface area (Å²) in [6.45, 7) is 0.472. The Morgan fingerprint density at radius 2 is 1.69 bits per heavy atom. The van der Waals surface area contributed by atoms with Crippen molar-refractivity contribution < 1.29 is 9.53 Å². The number of hydrazone groups is 1. The predicted octanol–water partition coefficient (Wildman–Crippen LogP) is 5.30. The number of hydrogen-bond acceptors (Lipinski definition) is 4. The minimum Gasteiger partial charge on any atom is -0.488 e. The maximum atomic E-state index is 12.0. The average Bonchev–Trinajstić information content (AvgIpc) is 2.75. The van der Waals surface area contributed by atoms with Crippen molar-refractivity contribution in [3.63, 3.8) is 0 Å². The van der Waals surface area contributed by atoms with E-state index < -0.39 is 0 Å². The summed E-state index contributed by atoms with van der Waals surface area (Å²) in [4.78, 5) is 12.0. The molecule has 3 aromatic carbocycles. The van der Waals surface area contributed by atoms with Gasteiger partial charge in [0.05, 0.1) is 12.0 Å². The Kier molecular flexibility index (Phi) is 8.16. The van der Waals surface area contributed by atoms with Gasteiger partial charge in [-0.1, -0.05) is 66.2 Å². The monoisotopic (exact) mass is 424 g/mol. The zero-order chi connectivity index (χ0) is 20.3. The Morgan fingerprint density at radius 1 is 0.966 bits per heavy atom. The molecule has 0 saturated carbocycles. The Balaban J connectivity index is 1.45. The van der Waals surface area contributed by atoms with Gasteiger partial charge >= 0.3 is 0 Å². The Bertz CT molecular complexity index is 947. The molecular weight excluding hydrogens is 404 g/mol. The van der Waals surface area contributed by atoms with E-state index in [0.29, 0.717) is 23.1 Å². The number of ether oxygens (including phenoxy) is 1. The molecular formula is C23H21ClN2O2S. The highest BCUT2D eigenvalue weighted by Crippen LogP contribution is 2.18. The molecule has 0 aliphatic rings. The van der Waals surface area contributed by atoms with Crippen LogP contribution >= 0.6 is 23.4 Å². The summed E-state index contributed by atoms with van der Waals surface area (Å²) in [6.07, 6.45) is 1.60. The van der Waals surface area contributed by atoms with Crippen LogP contribution in [0.25, 0.3) is 0 Å². The number of amides is 1. The number of halogens is 1. The number of thioether (sulfide) groups is 1. The lowest BCUT2D eigenvalue weighted by molar-refractivity contribution is -0.118. The standard InChI is InChI=1S/C23H21ClN2O2S/c24-21-12-10-19(11-13-21)16-29-17-23(27)26-25-14-20-8-4-5-9-22(20)28-15-18-6-2-1-3-7-18/h1-14H,15-17H2,(H,26,27)/b25-14-. The van der Waals surface area contributed by atoms with Crippen molar-refractivity contribution in [2.75, 3.05) is 5.75 Å². The van der Waals surface area contributed by atoms with E-state index in [9.17, 15) is 4.79 Å². The van der Waals surface area contributed by atoms with Crippen LogP contribution in [0.2, 0.25) is 5.02 Å². The van der Waals surface area contributed by atoms with Crippen molar-refractivity contribution in [3.05, 3.63) is 101 Å². The normalized spacial score (nSPS) is 10.8. The van der Waals surface area contributed by atoms with Gasteiger partial charge in [0.15, 0.2) is 0 Å². The topological polar surface area (TPSA) is 50.7 Å². The molecule has 3 rings (SSSR count). The molecule has 0 unspecified atom stereocenters. The zero-order valence-corrected chi connectivity index (χ0v) is 17.3. The molecule has 0 saturated heterocycles. The number of nitrogens with zero attached hydrogens (tertiary/aromatic N) is 1. The molecule has 3 aromatic rings. The second-order valence-electron chi connectivity index (χ2n) is 6.22. The number of nitrogens with one attached hydrogen (secondary N) is 1. The summed E-state index contributed by atoms with van der Waals surface area (Å²) < 4.78 is 5.89. The first-order chi connectivity index (χ1) is 14.2. The fourth-order valence-corrected chi connectivity index (χ4v) is 3.41. The van der Waals surface area contributed by atoms with Gasteiger partial charge in [-0.3, -0.25) is 4.79 Å². The predicted molar refractivity (Wildman–Crippen MR) is 121 cm³/mol. The average molecular weight is 425 g/mol. The molecule has 0 radical (unpaired) electrons. The van der Waals surface area contributed by atoms with Gasteiger partial charge in [0.1, 0.15) is 12.4 Å². The fourth-order valence-electron chi connectivity index (χ4n) is 2.50. The molecule has 0 atom stereocenters. The van der Waals surface area contributed by atoms with Gasteiger partial charge in [-0.15, -0.1) is 11.8 Å². The summed E-state index contributed by atoms with van der Waals surface area (Å²) in [6, 6.07) is 25.1.